The van der Waals surface area contributed by atoms with E-state index in [1.165, 1.54) is 24.5 Å². The predicted molar refractivity (Wildman–Crippen MR) is 73.1 cm³/mol. The smallest absolute Gasteiger partial charge is 0.294 e. The number of hydrogen-bond acceptors (Lipinski definition) is 5. The molecule has 1 amide bonds. The number of nitro benzene ring substituents is 1. The molecule has 1 aromatic carbocycles. The van der Waals surface area contributed by atoms with E-state index in [0.717, 1.165) is 6.07 Å². The van der Waals surface area contributed by atoms with Gasteiger partial charge in [0.05, 0.1) is 17.3 Å². The summed E-state index contributed by atoms with van der Waals surface area (Å²) < 4.78 is 0. The summed E-state index contributed by atoms with van der Waals surface area (Å²) in [6.07, 6.45) is 2.37. The molecule has 0 radical (unpaired) electrons. The number of benzene rings is 1. The van der Waals surface area contributed by atoms with E-state index in [1.807, 2.05) is 0 Å². The molecule has 0 unspecified atom stereocenters. The number of nitrogens with zero attached hydrogens (tertiary/aromatic N) is 3. The topological polar surface area (TPSA) is 98.0 Å². The number of carbonyl (C=O) groups excluding carboxylic acids is 1. The van der Waals surface area contributed by atoms with Crippen molar-refractivity contribution in [1.82, 2.24) is 9.97 Å². The molecule has 1 heterocycles. The molecule has 0 saturated heterocycles. The molecule has 102 valence electrons. The van der Waals surface area contributed by atoms with Crippen LogP contribution in [-0.4, -0.2) is 20.8 Å². The van der Waals surface area contributed by atoms with Crippen LogP contribution in [0.15, 0.2) is 30.6 Å². The van der Waals surface area contributed by atoms with Gasteiger partial charge in [-0.05, 0) is 12.1 Å². The van der Waals surface area contributed by atoms with Crippen LogP contribution in [0.3, 0.4) is 0 Å². The van der Waals surface area contributed by atoms with Gasteiger partial charge in [-0.2, -0.15) is 0 Å². The zero-order valence-corrected chi connectivity index (χ0v) is 11.2. The van der Waals surface area contributed by atoms with E-state index < -0.39 is 10.8 Å². The zero-order valence-electron chi connectivity index (χ0n) is 9.71. The van der Waals surface area contributed by atoms with E-state index in [-0.39, 0.29) is 27.2 Å². The van der Waals surface area contributed by atoms with E-state index in [0.29, 0.717) is 0 Å². The number of halogens is 2. The minimum Gasteiger partial charge on any atom is -0.315 e. The molecule has 0 spiro atoms. The monoisotopic (exact) mass is 312 g/mol. The Labute approximate surface area is 122 Å². The first-order valence-corrected chi connectivity index (χ1v) is 5.96. The third-order valence-electron chi connectivity index (χ3n) is 2.26. The van der Waals surface area contributed by atoms with Crippen LogP contribution in [0.5, 0.6) is 0 Å². The fourth-order valence-corrected chi connectivity index (χ4v) is 1.64. The van der Waals surface area contributed by atoms with Crippen molar-refractivity contribution in [3.05, 3.63) is 56.6 Å². The number of carbonyl (C=O) groups is 1. The highest BCUT2D eigenvalue weighted by Gasteiger charge is 2.17. The van der Waals surface area contributed by atoms with Crippen LogP contribution < -0.4 is 5.32 Å². The normalized spacial score (nSPS) is 10.1. The number of nitrogens with one attached hydrogen (secondary N) is 1. The third kappa shape index (κ3) is 3.19. The van der Waals surface area contributed by atoms with Gasteiger partial charge in [-0.1, -0.05) is 23.2 Å². The highest BCUT2D eigenvalue weighted by Crippen LogP contribution is 2.27. The molecule has 2 aromatic rings. The van der Waals surface area contributed by atoms with Gasteiger partial charge >= 0.3 is 0 Å². The van der Waals surface area contributed by atoms with Gasteiger partial charge in [-0.3, -0.25) is 14.9 Å². The maximum Gasteiger partial charge on any atom is 0.294 e. The molecule has 2 rings (SSSR count). The number of amides is 1. The maximum absolute atomic E-state index is 11.9. The summed E-state index contributed by atoms with van der Waals surface area (Å²) >= 11 is 11.2. The Bertz CT molecular complexity index is 676. The minimum atomic E-state index is -0.644. The largest absolute Gasteiger partial charge is 0.315 e. The van der Waals surface area contributed by atoms with Gasteiger partial charge in [-0.15, -0.1) is 0 Å². The van der Waals surface area contributed by atoms with Crippen LogP contribution in [0.1, 0.15) is 10.5 Å². The van der Waals surface area contributed by atoms with Crippen molar-refractivity contribution in [1.29, 1.82) is 0 Å². The first-order valence-electron chi connectivity index (χ1n) is 5.20. The summed E-state index contributed by atoms with van der Waals surface area (Å²) in [6, 6.07) is 3.91. The highest BCUT2D eigenvalue weighted by molar-refractivity contribution is 6.31. The molecule has 0 aliphatic carbocycles. The van der Waals surface area contributed by atoms with E-state index >= 15 is 0 Å². The maximum atomic E-state index is 11.9. The molecule has 0 fully saturated rings. The minimum absolute atomic E-state index is 0.0150. The van der Waals surface area contributed by atoms with Gasteiger partial charge in [0.25, 0.3) is 11.6 Å². The van der Waals surface area contributed by atoms with E-state index in [9.17, 15) is 14.9 Å². The van der Waals surface area contributed by atoms with Gasteiger partial charge in [0.1, 0.15) is 16.5 Å². The van der Waals surface area contributed by atoms with Crippen LogP contribution in [0.25, 0.3) is 0 Å². The average Bonchev–Trinajstić information content (AvgIpc) is 2.41. The Morgan fingerprint density at radius 3 is 2.60 bits per heavy atom. The van der Waals surface area contributed by atoms with Gasteiger partial charge < -0.3 is 5.32 Å². The van der Waals surface area contributed by atoms with Gasteiger partial charge in [0.15, 0.2) is 0 Å². The summed E-state index contributed by atoms with van der Waals surface area (Å²) in [4.78, 5) is 29.6. The Morgan fingerprint density at radius 1 is 1.25 bits per heavy atom. The first-order chi connectivity index (χ1) is 9.47. The number of nitro groups is 1. The molecular weight excluding hydrogens is 307 g/mol. The predicted octanol–water partition coefficient (Wildman–Crippen LogP) is 2.94. The number of aromatic nitrogens is 2. The fraction of sp³-hybridized carbons (Fsp3) is 0. The SMILES string of the molecule is O=C(Nc1ccc(Cl)cc1[N+](=O)[O-])c1cnc(Cl)cn1. The standard InChI is InChI=1S/C11H6Cl2N4O3/c12-6-1-2-7(9(3-6)17(19)20)16-11(18)8-4-15-10(13)5-14-8/h1-5H,(H,16,18). The second kappa shape index (κ2) is 5.81. The highest BCUT2D eigenvalue weighted by atomic mass is 35.5. The molecule has 0 bridgehead atoms. The van der Waals surface area contributed by atoms with Crippen molar-refractivity contribution in [2.24, 2.45) is 0 Å². The molecule has 0 atom stereocenters. The molecule has 1 aromatic heterocycles. The summed E-state index contributed by atoms with van der Waals surface area (Å²) in [5.74, 6) is -0.639. The lowest BCUT2D eigenvalue weighted by atomic mass is 10.2. The second-order valence-electron chi connectivity index (χ2n) is 3.60. The number of anilines is 1. The Kier molecular flexibility index (Phi) is 4.11. The summed E-state index contributed by atoms with van der Waals surface area (Å²) in [6.45, 7) is 0. The van der Waals surface area contributed by atoms with Gasteiger partial charge in [0, 0.05) is 11.1 Å². The lowest BCUT2D eigenvalue weighted by Crippen LogP contribution is -2.15. The van der Waals surface area contributed by atoms with Crippen molar-refractivity contribution >= 4 is 40.5 Å². The van der Waals surface area contributed by atoms with Crippen LogP contribution in [0.4, 0.5) is 11.4 Å². The number of hydrogen-bond donors (Lipinski definition) is 1. The molecule has 0 aliphatic heterocycles. The average molecular weight is 313 g/mol. The number of rotatable bonds is 3. The van der Waals surface area contributed by atoms with Crippen LogP contribution in [0, 0.1) is 10.1 Å². The van der Waals surface area contributed by atoms with E-state index in [4.69, 9.17) is 23.2 Å². The van der Waals surface area contributed by atoms with Gasteiger partial charge in [0.2, 0.25) is 0 Å². The molecule has 9 heteroatoms. The van der Waals surface area contributed by atoms with Crippen molar-refractivity contribution in [3.63, 3.8) is 0 Å². The van der Waals surface area contributed by atoms with E-state index in [2.05, 4.69) is 15.3 Å². The third-order valence-corrected chi connectivity index (χ3v) is 2.69. The quantitative estimate of drug-likeness (QED) is 0.694. The van der Waals surface area contributed by atoms with Crippen LogP contribution >= 0.6 is 23.2 Å². The second-order valence-corrected chi connectivity index (χ2v) is 4.42. The molecule has 1 N–H and O–H groups in total. The summed E-state index contributed by atoms with van der Waals surface area (Å²) in [5, 5.41) is 13.6. The molecule has 0 saturated carbocycles. The first kappa shape index (κ1) is 14.2. The molecule has 7 nitrogen and oxygen atoms in total. The Morgan fingerprint density at radius 2 is 2.00 bits per heavy atom. The Hall–Kier alpha value is -2.25. The van der Waals surface area contributed by atoms with Crippen LogP contribution in [0.2, 0.25) is 10.2 Å². The lowest BCUT2D eigenvalue weighted by molar-refractivity contribution is -0.383. The molecule has 20 heavy (non-hydrogen) atoms. The van der Waals surface area contributed by atoms with Crippen molar-refractivity contribution in [2.45, 2.75) is 0 Å². The van der Waals surface area contributed by atoms with Crippen LogP contribution in [-0.2, 0) is 0 Å². The molecular formula is C11H6Cl2N4O3. The summed E-state index contributed by atoms with van der Waals surface area (Å²) in [7, 11) is 0. The van der Waals surface area contributed by atoms with Crippen molar-refractivity contribution < 1.29 is 9.72 Å². The fourth-order valence-electron chi connectivity index (χ4n) is 1.38. The van der Waals surface area contributed by atoms with Gasteiger partial charge in [-0.25, -0.2) is 9.97 Å². The van der Waals surface area contributed by atoms with Crippen molar-refractivity contribution in [3.8, 4) is 0 Å². The van der Waals surface area contributed by atoms with Crippen molar-refractivity contribution in [2.75, 3.05) is 5.32 Å². The Balaban J connectivity index is 2.28. The molecule has 0 aliphatic rings. The summed E-state index contributed by atoms with van der Waals surface area (Å²) in [5.41, 5.74) is -0.312. The zero-order chi connectivity index (χ0) is 14.7. The lowest BCUT2D eigenvalue weighted by Gasteiger charge is -2.05. The van der Waals surface area contributed by atoms with E-state index in [1.54, 1.807) is 0 Å².